The molecule has 0 fully saturated rings. The van der Waals surface area contributed by atoms with Gasteiger partial charge in [-0.25, -0.2) is 4.98 Å². The molecule has 0 aliphatic carbocycles. The lowest BCUT2D eigenvalue weighted by atomic mass is 10.2. The van der Waals surface area contributed by atoms with Crippen LogP contribution in [0.25, 0.3) is 0 Å². The van der Waals surface area contributed by atoms with Crippen molar-refractivity contribution < 1.29 is 0 Å². The Bertz CT molecular complexity index is 666. The van der Waals surface area contributed by atoms with Crippen molar-refractivity contribution in [1.82, 2.24) is 9.55 Å². The van der Waals surface area contributed by atoms with Crippen molar-refractivity contribution in [2.24, 2.45) is 0 Å². The first-order valence-corrected chi connectivity index (χ1v) is 5.82. The Kier molecular flexibility index (Phi) is 3.81. The van der Waals surface area contributed by atoms with Crippen molar-refractivity contribution in [2.75, 3.05) is 0 Å². The molecule has 0 radical (unpaired) electrons. The van der Waals surface area contributed by atoms with Gasteiger partial charge in [0, 0.05) is 11.6 Å². The van der Waals surface area contributed by atoms with Gasteiger partial charge in [0.15, 0.2) is 0 Å². The number of aryl methyl sites for hydroxylation is 1. The zero-order valence-electron chi connectivity index (χ0n) is 9.85. The first-order valence-electron chi connectivity index (χ1n) is 5.45. The predicted molar refractivity (Wildman–Crippen MR) is 71.6 cm³/mol. The third kappa shape index (κ3) is 2.99. The quantitative estimate of drug-likeness (QED) is 0.581. The maximum absolute atomic E-state index is 11.7. The largest absolute Gasteiger partial charge is 0.285 e. The van der Waals surface area contributed by atoms with Crippen LogP contribution in [0.2, 0.25) is 5.15 Å². The summed E-state index contributed by atoms with van der Waals surface area (Å²) < 4.78 is 1.49. The van der Waals surface area contributed by atoms with Crippen LogP contribution in [0, 0.1) is 18.8 Å². The van der Waals surface area contributed by atoms with Crippen LogP contribution >= 0.6 is 11.6 Å². The predicted octanol–water partition coefficient (Wildman–Crippen LogP) is 2.26. The fourth-order valence-electron chi connectivity index (χ4n) is 1.52. The average Bonchev–Trinajstić information content (AvgIpc) is 2.34. The van der Waals surface area contributed by atoms with E-state index >= 15 is 0 Å². The van der Waals surface area contributed by atoms with Crippen LogP contribution in [0.3, 0.4) is 0 Å². The van der Waals surface area contributed by atoms with E-state index in [1.807, 2.05) is 30.3 Å². The number of hydrogen-bond acceptors (Lipinski definition) is 2. The average molecular weight is 259 g/mol. The van der Waals surface area contributed by atoms with E-state index < -0.39 is 0 Å². The highest BCUT2D eigenvalue weighted by Gasteiger charge is 2.01. The molecule has 0 saturated heterocycles. The Labute approximate surface area is 110 Å². The van der Waals surface area contributed by atoms with Crippen LogP contribution in [0.15, 0.2) is 41.2 Å². The number of benzene rings is 1. The minimum Gasteiger partial charge on any atom is -0.285 e. The Balaban J connectivity index is 2.22. The van der Waals surface area contributed by atoms with Crippen LogP contribution in [0.5, 0.6) is 0 Å². The van der Waals surface area contributed by atoms with Gasteiger partial charge in [-0.05, 0) is 19.1 Å². The van der Waals surface area contributed by atoms with Crippen molar-refractivity contribution in [2.45, 2.75) is 13.5 Å². The summed E-state index contributed by atoms with van der Waals surface area (Å²) in [5, 5.41) is 0.213. The highest BCUT2D eigenvalue weighted by molar-refractivity contribution is 6.29. The molecule has 3 nitrogen and oxygen atoms in total. The van der Waals surface area contributed by atoms with Crippen LogP contribution in [-0.2, 0) is 6.54 Å². The molecule has 0 atom stereocenters. The molecule has 0 bridgehead atoms. The van der Waals surface area contributed by atoms with Gasteiger partial charge >= 0.3 is 0 Å². The lowest BCUT2D eigenvalue weighted by Crippen LogP contribution is -2.22. The number of nitrogens with zero attached hydrogens (tertiary/aromatic N) is 2. The maximum Gasteiger partial charge on any atom is 0.255 e. The normalized spacial score (nSPS) is 9.67. The molecule has 4 heteroatoms. The van der Waals surface area contributed by atoms with Gasteiger partial charge in [0.2, 0.25) is 0 Å². The van der Waals surface area contributed by atoms with Crippen molar-refractivity contribution in [3.63, 3.8) is 0 Å². The summed E-state index contributed by atoms with van der Waals surface area (Å²) in [4.78, 5) is 15.7. The topological polar surface area (TPSA) is 34.9 Å². The van der Waals surface area contributed by atoms with Gasteiger partial charge in [-0.2, -0.15) is 0 Å². The second kappa shape index (κ2) is 5.52. The molecular formula is C14H11ClN2O. The molecule has 2 rings (SSSR count). The number of hydrogen-bond donors (Lipinski definition) is 0. The molecule has 0 spiro atoms. The molecule has 0 unspecified atom stereocenters. The van der Waals surface area contributed by atoms with Crippen LogP contribution in [-0.4, -0.2) is 9.55 Å². The van der Waals surface area contributed by atoms with Gasteiger partial charge in [0.1, 0.15) is 11.0 Å². The van der Waals surface area contributed by atoms with Crippen LogP contribution in [0.1, 0.15) is 11.4 Å². The van der Waals surface area contributed by atoms with E-state index in [4.69, 9.17) is 11.6 Å². The van der Waals surface area contributed by atoms with Crippen molar-refractivity contribution >= 4 is 11.6 Å². The molecule has 0 aliphatic heterocycles. The van der Waals surface area contributed by atoms with E-state index in [2.05, 4.69) is 16.8 Å². The molecule has 1 aromatic heterocycles. The highest BCUT2D eigenvalue weighted by atomic mass is 35.5. The van der Waals surface area contributed by atoms with Gasteiger partial charge in [0.05, 0.1) is 6.54 Å². The minimum atomic E-state index is -0.185. The fourth-order valence-corrected chi connectivity index (χ4v) is 1.74. The zero-order valence-corrected chi connectivity index (χ0v) is 10.6. The SMILES string of the molecule is Cc1nc(Cl)cc(=O)n1CC#Cc1ccccc1. The number of rotatable bonds is 1. The van der Waals surface area contributed by atoms with Crippen molar-refractivity contribution in [3.05, 3.63) is 63.3 Å². The molecule has 0 amide bonds. The number of halogens is 1. The third-order valence-electron chi connectivity index (χ3n) is 2.41. The molecular weight excluding hydrogens is 248 g/mol. The second-order valence-corrected chi connectivity index (χ2v) is 4.11. The third-order valence-corrected chi connectivity index (χ3v) is 2.61. The Hall–Kier alpha value is -2.05. The summed E-state index contributed by atoms with van der Waals surface area (Å²) in [5.74, 6) is 6.51. The van der Waals surface area contributed by atoms with Crippen LogP contribution < -0.4 is 5.56 Å². The highest BCUT2D eigenvalue weighted by Crippen LogP contribution is 2.01. The molecule has 0 N–H and O–H groups in total. The van der Waals surface area contributed by atoms with Crippen molar-refractivity contribution in [3.8, 4) is 11.8 Å². The Morgan fingerprint density at radius 1 is 1.33 bits per heavy atom. The maximum atomic E-state index is 11.7. The lowest BCUT2D eigenvalue weighted by Gasteiger charge is -2.04. The van der Waals surface area contributed by atoms with Gasteiger partial charge in [-0.3, -0.25) is 9.36 Å². The molecule has 0 aliphatic rings. The molecule has 1 heterocycles. The molecule has 0 saturated carbocycles. The van der Waals surface area contributed by atoms with Gasteiger partial charge in [-0.15, -0.1) is 0 Å². The van der Waals surface area contributed by atoms with Gasteiger partial charge < -0.3 is 0 Å². The van der Waals surface area contributed by atoms with E-state index in [1.165, 1.54) is 10.6 Å². The monoisotopic (exact) mass is 258 g/mol. The lowest BCUT2D eigenvalue weighted by molar-refractivity contribution is 0.727. The van der Waals surface area contributed by atoms with E-state index in [0.29, 0.717) is 12.4 Å². The van der Waals surface area contributed by atoms with Crippen molar-refractivity contribution in [1.29, 1.82) is 0 Å². The van der Waals surface area contributed by atoms with E-state index in [0.717, 1.165) is 5.56 Å². The zero-order chi connectivity index (χ0) is 13.0. The second-order valence-electron chi connectivity index (χ2n) is 3.72. The summed E-state index contributed by atoms with van der Waals surface area (Å²) in [6.07, 6.45) is 0. The van der Waals surface area contributed by atoms with E-state index in [1.54, 1.807) is 6.92 Å². The minimum absolute atomic E-state index is 0.185. The van der Waals surface area contributed by atoms with Gasteiger partial charge in [-0.1, -0.05) is 41.6 Å². The molecule has 2 aromatic rings. The van der Waals surface area contributed by atoms with E-state index in [9.17, 15) is 4.79 Å². The first kappa shape index (κ1) is 12.4. The summed E-state index contributed by atoms with van der Waals surface area (Å²) in [5.41, 5.74) is 0.736. The standard InChI is InChI=1S/C14H11ClN2O/c1-11-16-13(15)10-14(18)17(11)9-5-8-12-6-3-2-4-7-12/h2-4,6-7,10H,9H2,1H3. The van der Waals surface area contributed by atoms with Gasteiger partial charge in [0.25, 0.3) is 5.56 Å². The Morgan fingerprint density at radius 3 is 2.72 bits per heavy atom. The van der Waals surface area contributed by atoms with E-state index in [-0.39, 0.29) is 10.7 Å². The fraction of sp³-hybridized carbons (Fsp3) is 0.143. The first-order chi connectivity index (χ1) is 8.66. The molecule has 1 aromatic carbocycles. The summed E-state index contributed by atoms with van der Waals surface area (Å²) in [7, 11) is 0. The summed E-state index contributed by atoms with van der Waals surface area (Å²) in [6.45, 7) is 2.04. The van der Waals surface area contributed by atoms with Crippen LogP contribution in [0.4, 0.5) is 0 Å². The number of aromatic nitrogens is 2. The summed E-state index contributed by atoms with van der Waals surface area (Å²) >= 11 is 5.69. The Morgan fingerprint density at radius 2 is 2.06 bits per heavy atom. The smallest absolute Gasteiger partial charge is 0.255 e. The summed E-state index contributed by atoms with van der Waals surface area (Å²) in [6, 6.07) is 10.9. The molecule has 18 heavy (non-hydrogen) atoms. The molecule has 90 valence electrons.